The Bertz CT molecular complexity index is 972. The summed E-state index contributed by atoms with van der Waals surface area (Å²) >= 11 is 1.43. The molecule has 28 heavy (non-hydrogen) atoms. The van der Waals surface area contributed by atoms with Crippen molar-refractivity contribution >= 4 is 17.5 Å². The third-order valence-corrected chi connectivity index (χ3v) is 5.68. The normalized spacial score (nSPS) is 11.0. The zero-order valence-corrected chi connectivity index (χ0v) is 17.5. The van der Waals surface area contributed by atoms with E-state index in [2.05, 4.69) is 35.2 Å². The van der Waals surface area contributed by atoms with Crippen LogP contribution in [0.1, 0.15) is 35.1 Å². The maximum absolute atomic E-state index is 12.8. The molecule has 0 N–H and O–H groups in total. The maximum atomic E-state index is 12.8. The minimum Gasteiger partial charge on any atom is -0.348 e. The van der Waals surface area contributed by atoms with Crippen molar-refractivity contribution in [1.29, 1.82) is 0 Å². The molecule has 0 fully saturated rings. The molecule has 0 atom stereocenters. The average Bonchev–Trinajstić information content (AvgIpc) is 3.23. The van der Waals surface area contributed by atoms with Crippen LogP contribution in [0, 0.1) is 13.8 Å². The van der Waals surface area contributed by atoms with Gasteiger partial charge in [-0.2, -0.15) is 0 Å². The molecule has 0 saturated carbocycles. The summed E-state index contributed by atoms with van der Waals surface area (Å²) in [5, 5.41) is 9.40. The molecule has 2 aromatic heterocycles. The summed E-state index contributed by atoms with van der Waals surface area (Å²) in [6.07, 6.45) is 2.87. The fraction of sp³-hybridized carbons (Fsp3) is 0.318. The van der Waals surface area contributed by atoms with Crippen LogP contribution in [0.2, 0.25) is 0 Å². The minimum absolute atomic E-state index is 0.120. The van der Waals surface area contributed by atoms with Crippen molar-refractivity contribution in [3.05, 3.63) is 66.0 Å². The van der Waals surface area contributed by atoms with Gasteiger partial charge in [0.15, 0.2) is 16.8 Å². The van der Waals surface area contributed by atoms with Crippen molar-refractivity contribution in [3.8, 4) is 11.4 Å². The number of hydrogen-bond acceptors (Lipinski definition) is 4. The summed E-state index contributed by atoms with van der Waals surface area (Å²) in [5.74, 6) is 1.24. The number of allylic oxidation sites excluding steroid dienone is 1. The van der Waals surface area contributed by atoms with Crippen LogP contribution in [0.3, 0.4) is 0 Å². The van der Waals surface area contributed by atoms with E-state index in [0.29, 0.717) is 12.3 Å². The summed E-state index contributed by atoms with van der Waals surface area (Å²) in [5.41, 5.74) is 3.98. The zero-order valence-electron chi connectivity index (χ0n) is 16.7. The first kappa shape index (κ1) is 20.1. The molecule has 0 aliphatic heterocycles. The molecule has 0 amide bonds. The fourth-order valence-electron chi connectivity index (χ4n) is 3.35. The maximum Gasteiger partial charge on any atom is 0.192 e. The highest BCUT2D eigenvalue weighted by molar-refractivity contribution is 7.99. The first-order valence-corrected chi connectivity index (χ1v) is 10.5. The number of hydrogen-bond donors (Lipinski definition) is 0. The third-order valence-electron chi connectivity index (χ3n) is 4.71. The van der Waals surface area contributed by atoms with E-state index in [1.54, 1.807) is 0 Å². The van der Waals surface area contributed by atoms with E-state index in [0.717, 1.165) is 46.5 Å². The lowest BCUT2D eigenvalue weighted by Crippen LogP contribution is -2.08. The van der Waals surface area contributed by atoms with Gasteiger partial charge in [-0.05, 0) is 26.3 Å². The summed E-state index contributed by atoms with van der Waals surface area (Å²) in [6.45, 7) is 11.6. The van der Waals surface area contributed by atoms with Crippen LogP contribution in [-0.2, 0) is 13.1 Å². The quantitative estimate of drug-likeness (QED) is 0.293. The topological polar surface area (TPSA) is 52.7 Å². The van der Waals surface area contributed by atoms with Crippen LogP contribution in [-0.4, -0.2) is 30.9 Å². The Labute approximate surface area is 170 Å². The largest absolute Gasteiger partial charge is 0.348 e. The summed E-state index contributed by atoms with van der Waals surface area (Å²) < 4.78 is 4.21. The van der Waals surface area contributed by atoms with E-state index in [-0.39, 0.29) is 5.78 Å². The molecule has 146 valence electrons. The molecule has 0 aliphatic rings. The Kier molecular flexibility index (Phi) is 6.52. The molecule has 0 radical (unpaired) electrons. The lowest BCUT2D eigenvalue weighted by Gasteiger charge is -2.08. The highest BCUT2D eigenvalue weighted by atomic mass is 32.2. The number of thioether (sulfide) groups is 1. The number of aryl methyl sites for hydroxylation is 1. The number of aromatic nitrogens is 4. The standard InChI is InChI=1S/C22H26N4OS/c1-5-12-25-16(3)14-19(17(25)4)20(27)15-28-22-24-23-21(26(22)13-6-2)18-10-8-7-9-11-18/h6-11,14H,2,5,12-13,15H2,1,3-4H3. The lowest BCUT2D eigenvalue weighted by molar-refractivity contribution is 0.102. The number of Topliss-reactive ketones (excluding diaryl/α,β-unsaturated/α-hetero) is 1. The molecule has 1 aromatic carbocycles. The van der Waals surface area contributed by atoms with Gasteiger partial charge in [-0.15, -0.1) is 16.8 Å². The average molecular weight is 395 g/mol. The Morgan fingerprint density at radius 2 is 1.93 bits per heavy atom. The van der Waals surface area contributed by atoms with Crippen molar-refractivity contribution in [1.82, 2.24) is 19.3 Å². The summed E-state index contributed by atoms with van der Waals surface area (Å²) in [4.78, 5) is 12.8. The molecule has 5 nitrogen and oxygen atoms in total. The monoisotopic (exact) mass is 394 g/mol. The van der Waals surface area contributed by atoms with Crippen molar-refractivity contribution in [2.45, 2.75) is 45.4 Å². The predicted octanol–water partition coefficient (Wildman–Crippen LogP) is 4.93. The number of benzene rings is 1. The predicted molar refractivity (Wildman–Crippen MR) is 115 cm³/mol. The molecule has 3 rings (SSSR count). The first-order valence-electron chi connectivity index (χ1n) is 9.49. The van der Waals surface area contributed by atoms with Crippen molar-refractivity contribution in [3.63, 3.8) is 0 Å². The molecule has 0 unspecified atom stereocenters. The molecule has 0 bridgehead atoms. The van der Waals surface area contributed by atoms with E-state index >= 15 is 0 Å². The molecule has 2 heterocycles. The van der Waals surface area contributed by atoms with Gasteiger partial charge in [0.2, 0.25) is 0 Å². The molecule has 0 spiro atoms. The SMILES string of the molecule is C=CCn1c(SCC(=O)c2cc(C)n(CCC)c2C)nnc1-c1ccccc1. The molecule has 6 heteroatoms. The van der Waals surface area contributed by atoms with Gasteiger partial charge in [0.25, 0.3) is 0 Å². The summed E-state index contributed by atoms with van der Waals surface area (Å²) in [6, 6.07) is 11.9. The highest BCUT2D eigenvalue weighted by Crippen LogP contribution is 2.25. The van der Waals surface area contributed by atoms with E-state index in [1.807, 2.05) is 54.0 Å². The molecule has 3 aromatic rings. The van der Waals surface area contributed by atoms with Gasteiger partial charge >= 0.3 is 0 Å². The van der Waals surface area contributed by atoms with E-state index in [4.69, 9.17) is 0 Å². The van der Waals surface area contributed by atoms with Crippen LogP contribution in [0.5, 0.6) is 0 Å². The minimum atomic E-state index is 0.120. The number of nitrogens with zero attached hydrogens (tertiary/aromatic N) is 4. The smallest absolute Gasteiger partial charge is 0.192 e. The van der Waals surface area contributed by atoms with Crippen LogP contribution >= 0.6 is 11.8 Å². The fourth-order valence-corrected chi connectivity index (χ4v) is 4.18. The second-order valence-corrected chi connectivity index (χ2v) is 7.66. The Balaban J connectivity index is 1.79. The van der Waals surface area contributed by atoms with Gasteiger partial charge in [-0.25, -0.2) is 0 Å². The zero-order chi connectivity index (χ0) is 20.1. The Morgan fingerprint density at radius 3 is 2.61 bits per heavy atom. The second kappa shape index (κ2) is 9.06. The Hall–Kier alpha value is -2.60. The van der Waals surface area contributed by atoms with Crippen LogP contribution in [0.25, 0.3) is 11.4 Å². The van der Waals surface area contributed by atoms with E-state index in [9.17, 15) is 4.79 Å². The summed E-state index contributed by atoms with van der Waals surface area (Å²) in [7, 11) is 0. The second-order valence-electron chi connectivity index (χ2n) is 6.72. The number of rotatable bonds is 9. The molecular formula is C22H26N4OS. The van der Waals surface area contributed by atoms with Crippen LogP contribution < -0.4 is 0 Å². The number of carbonyl (C=O) groups is 1. The van der Waals surface area contributed by atoms with E-state index < -0.39 is 0 Å². The first-order chi connectivity index (χ1) is 13.6. The Morgan fingerprint density at radius 1 is 1.18 bits per heavy atom. The highest BCUT2D eigenvalue weighted by Gasteiger charge is 2.18. The van der Waals surface area contributed by atoms with E-state index in [1.165, 1.54) is 11.8 Å². The van der Waals surface area contributed by atoms with Crippen molar-refractivity contribution < 1.29 is 4.79 Å². The van der Waals surface area contributed by atoms with Crippen LogP contribution in [0.15, 0.2) is 54.2 Å². The van der Waals surface area contributed by atoms with Gasteiger partial charge in [0, 0.05) is 35.6 Å². The van der Waals surface area contributed by atoms with Gasteiger partial charge in [-0.1, -0.05) is 55.1 Å². The van der Waals surface area contributed by atoms with Gasteiger partial charge in [0.05, 0.1) is 5.75 Å². The molecule has 0 aliphatic carbocycles. The third kappa shape index (κ3) is 4.12. The van der Waals surface area contributed by atoms with Crippen molar-refractivity contribution in [2.75, 3.05) is 5.75 Å². The molecular weight excluding hydrogens is 368 g/mol. The number of ketones is 1. The van der Waals surface area contributed by atoms with Gasteiger partial charge < -0.3 is 4.57 Å². The lowest BCUT2D eigenvalue weighted by atomic mass is 10.2. The van der Waals surface area contributed by atoms with Gasteiger partial charge in [0.1, 0.15) is 0 Å². The van der Waals surface area contributed by atoms with Gasteiger partial charge in [-0.3, -0.25) is 9.36 Å². The number of carbonyl (C=O) groups excluding carboxylic acids is 1. The van der Waals surface area contributed by atoms with Crippen LogP contribution in [0.4, 0.5) is 0 Å². The van der Waals surface area contributed by atoms with Crippen molar-refractivity contribution in [2.24, 2.45) is 0 Å². The molecule has 0 saturated heterocycles.